The van der Waals surface area contributed by atoms with Gasteiger partial charge in [-0.25, -0.2) is 0 Å². The third-order valence-electron chi connectivity index (χ3n) is 3.91. The summed E-state index contributed by atoms with van der Waals surface area (Å²) < 4.78 is 11.4. The van der Waals surface area contributed by atoms with Crippen molar-refractivity contribution in [2.24, 2.45) is 0 Å². The van der Waals surface area contributed by atoms with Gasteiger partial charge in [-0.1, -0.05) is 43.7 Å². The summed E-state index contributed by atoms with van der Waals surface area (Å²) in [6.45, 7) is 6.75. The molecule has 0 saturated carbocycles. The molecule has 0 unspecified atom stereocenters. The summed E-state index contributed by atoms with van der Waals surface area (Å²) in [6.07, 6.45) is 2.41. The van der Waals surface area contributed by atoms with E-state index in [-0.39, 0.29) is 12.4 Å². The van der Waals surface area contributed by atoms with Gasteiger partial charge in [0.2, 0.25) is 0 Å². The lowest BCUT2D eigenvalue weighted by Gasteiger charge is -2.13. The molecule has 0 aliphatic carbocycles. The number of hydrogen-bond donors (Lipinski definition) is 1. The van der Waals surface area contributed by atoms with Gasteiger partial charge in [0.1, 0.15) is 6.61 Å². The van der Waals surface area contributed by atoms with Crippen molar-refractivity contribution in [1.29, 1.82) is 0 Å². The van der Waals surface area contributed by atoms with Crippen LogP contribution in [-0.4, -0.2) is 13.7 Å². The van der Waals surface area contributed by atoms with Crippen LogP contribution in [0.15, 0.2) is 42.5 Å². The molecule has 0 aromatic heterocycles. The Kier molecular flexibility index (Phi) is 9.28. The molecule has 0 atom stereocenters. The number of hydrogen-bond acceptors (Lipinski definition) is 3. The van der Waals surface area contributed by atoms with E-state index < -0.39 is 0 Å². The Hall–Kier alpha value is -1.71. The summed E-state index contributed by atoms with van der Waals surface area (Å²) in [4.78, 5) is 0. The second kappa shape index (κ2) is 11.0. The lowest BCUT2D eigenvalue weighted by molar-refractivity contribution is 0.283. The van der Waals surface area contributed by atoms with Crippen LogP contribution in [0.3, 0.4) is 0 Å². The van der Waals surface area contributed by atoms with Crippen molar-refractivity contribution in [3.05, 3.63) is 59.2 Å². The minimum Gasteiger partial charge on any atom is -0.493 e. The molecule has 132 valence electrons. The highest BCUT2D eigenvalue weighted by Gasteiger charge is 2.07. The first-order valence-corrected chi connectivity index (χ1v) is 8.29. The third-order valence-corrected chi connectivity index (χ3v) is 3.91. The van der Waals surface area contributed by atoms with E-state index in [9.17, 15) is 0 Å². The van der Waals surface area contributed by atoms with E-state index in [1.807, 2.05) is 24.3 Å². The summed E-state index contributed by atoms with van der Waals surface area (Å²) in [5.41, 5.74) is 3.64. The number of ether oxygens (including phenoxy) is 2. The molecule has 2 aromatic carbocycles. The Labute approximate surface area is 151 Å². The van der Waals surface area contributed by atoms with Gasteiger partial charge in [0, 0.05) is 6.54 Å². The Balaban J connectivity index is 0.00000288. The van der Waals surface area contributed by atoms with Crippen LogP contribution >= 0.6 is 12.4 Å². The fourth-order valence-corrected chi connectivity index (χ4v) is 2.40. The first-order valence-electron chi connectivity index (χ1n) is 8.29. The van der Waals surface area contributed by atoms with Crippen LogP contribution in [0.2, 0.25) is 0 Å². The maximum absolute atomic E-state index is 5.95. The maximum atomic E-state index is 5.95. The Morgan fingerprint density at radius 2 is 1.83 bits per heavy atom. The lowest BCUT2D eigenvalue weighted by Crippen LogP contribution is -2.14. The quantitative estimate of drug-likeness (QED) is 0.653. The first-order chi connectivity index (χ1) is 11.2. The minimum absolute atomic E-state index is 0. The summed E-state index contributed by atoms with van der Waals surface area (Å²) in [5, 5.41) is 3.44. The molecular weight excluding hydrogens is 322 g/mol. The average Bonchev–Trinajstić information content (AvgIpc) is 2.58. The van der Waals surface area contributed by atoms with Gasteiger partial charge in [-0.2, -0.15) is 0 Å². The molecule has 4 heteroatoms. The van der Waals surface area contributed by atoms with Crippen molar-refractivity contribution in [3.63, 3.8) is 0 Å². The highest BCUT2D eigenvalue weighted by molar-refractivity contribution is 5.85. The van der Waals surface area contributed by atoms with Crippen LogP contribution in [0, 0.1) is 6.92 Å². The van der Waals surface area contributed by atoms with Gasteiger partial charge in [0.15, 0.2) is 11.5 Å². The molecular formula is C20H28ClNO2. The second-order valence-electron chi connectivity index (χ2n) is 5.73. The zero-order valence-corrected chi connectivity index (χ0v) is 15.6. The first kappa shape index (κ1) is 20.3. The molecule has 3 nitrogen and oxygen atoms in total. The van der Waals surface area contributed by atoms with Gasteiger partial charge in [-0.15, -0.1) is 12.4 Å². The standard InChI is InChI=1S/C20H27NO2.ClH/c1-4-5-12-21-14-17-10-11-19(20(13-17)22-3)23-15-18-9-7-6-8-16(18)2;/h6-11,13,21H,4-5,12,14-15H2,1-3H3;1H. The maximum Gasteiger partial charge on any atom is 0.161 e. The molecule has 2 rings (SSSR count). The molecule has 0 aliphatic rings. The van der Waals surface area contributed by atoms with Gasteiger partial charge in [-0.05, 0) is 48.7 Å². The zero-order valence-electron chi connectivity index (χ0n) is 14.8. The predicted molar refractivity (Wildman–Crippen MR) is 102 cm³/mol. The molecule has 0 radical (unpaired) electrons. The molecule has 0 bridgehead atoms. The highest BCUT2D eigenvalue weighted by Crippen LogP contribution is 2.29. The molecule has 0 spiro atoms. The SMILES string of the molecule is CCCCNCc1ccc(OCc2ccccc2C)c(OC)c1.Cl. The van der Waals surface area contributed by atoms with Crippen LogP contribution < -0.4 is 14.8 Å². The van der Waals surface area contributed by atoms with Gasteiger partial charge < -0.3 is 14.8 Å². The van der Waals surface area contributed by atoms with E-state index in [0.717, 1.165) is 24.6 Å². The van der Waals surface area contributed by atoms with E-state index in [1.165, 1.54) is 29.5 Å². The number of unbranched alkanes of at least 4 members (excludes halogenated alkanes) is 1. The molecule has 0 saturated heterocycles. The number of nitrogens with one attached hydrogen (secondary N) is 1. The van der Waals surface area contributed by atoms with Gasteiger partial charge >= 0.3 is 0 Å². The van der Waals surface area contributed by atoms with E-state index >= 15 is 0 Å². The molecule has 0 fully saturated rings. The molecule has 24 heavy (non-hydrogen) atoms. The van der Waals surface area contributed by atoms with E-state index in [4.69, 9.17) is 9.47 Å². The Bertz CT molecular complexity index is 616. The van der Waals surface area contributed by atoms with Crippen LogP contribution in [0.1, 0.15) is 36.5 Å². The monoisotopic (exact) mass is 349 g/mol. The predicted octanol–water partition coefficient (Wildman–Crippen LogP) is 4.89. The van der Waals surface area contributed by atoms with Crippen LogP contribution in [-0.2, 0) is 13.2 Å². The molecule has 1 N–H and O–H groups in total. The van der Waals surface area contributed by atoms with Gasteiger partial charge in [0.05, 0.1) is 7.11 Å². The average molecular weight is 350 g/mol. The highest BCUT2D eigenvalue weighted by atomic mass is 35.5. The topological polar surface area (TPSA) is 30.5 Å². The summed E-state index contributed by atoms with van der Waals surface area (Å²) >= 11 is 0. The fraction of sp³-hybridized carbons (Fsp3) is 0.400. The van der Waals surface area contributed by atoms with Crippen molar-refractivity contribution < 1.29 is 9.47 Å². The molecule has 0 heterocycles. The van der Waals surface area contributed by atoms with Crippen molar-refractivity contribution in [3.8, 4) is 11.5 Å². The number of benzene rings is 2. The van der Waals surface area contributed by atoms with E-state index in [2.05, 4.69) is 37.4 Å². The minimum atomic E-state index is 0. The lowest BCUT2D eigenvalue weighted by atomic mass is 10.1. The van der Waals surface area contributed by atoms with Gasteiger partial charge in [-0.3, -0.25) is 0 Å². The van der Waals surface area contributed by atoms with Crippen molar-refractivity contribution in [2.45, 2.75) is 39.8 Å². The van der Waals surface area contributed by atoms with Crippen molar-refractivity contribution >= 4 is 12.4 Å². The Morgan fingerprint density at radius 1 is 1.04 bits per heavy atom. The molecule has 0 aliphatic heterocycles. The Morgan fingerprint density at radius 3 is 2.54 bits per heavy atom. The van der Waals surface area contributed by atoms with Crippen LogP contribution in [0.25, 0.3) is 0 Å². The normalized spacial score (nSPS) is 10.1. The largest absolute Gasteiger partial charge is 0.493 e. The summed E-state index contributed by atoms with van der Waals surface area (Å²) in [7, 11) is 1.68. The smallest absolute Gasteiger partial charge is 0.161 e. The third kappa shape index (κ3) is 6.06. The fourth-order valence-electron chi connectivity index (χ4n) is 2.40. The number of methoxy groups -OCH3 is 1. The van der Waals surface area contributed by atoms with Crippen LogP contribution in [0.5, 0.6) is 11.5 Å². The summed E-state index contributed by atoms with van der Waals surface area (Å²) in [6, 6.07) is 14.4. The van der Waals surface area contributed by atoms with Crippen molar-refractivity contribution in [2.75, 3.05) is 13.7 Å². The summed E-state index contributed by atoms with van der Waals surface area (Å²) in [5.74, 6) is 1.57. The van der Waals surface area contributed by atoms with E-state index in [0.29, 0.717) is 6.61 Å². The molecule has 0 amide bonds. The molecule has 2 aromatic rings. The van der Waals surface area contributed by atoms with Crippen LogP contribution in [0.4, 0.5) is 0 Å². The van der Waals surface area contributed by atoms with E-state index in [1.54, 1.807) is 7.11 Å². The number of halogens is 1. The second-order valence-corrected chi connectivity index (χ2v) is 5.73. The number of rotatable bonds is 9. The van der Waals surface area contributed by atoms with Crippen molar-refractivity contribution in [1.82, 2.24) is 5.32 Å². The van der Waals surface area contributed by atoms with Gasteiger partial charge in [0.25, 0.3) is 0 Å². The number of aryl methyl sites for hydroxylation is 1. The zero-order chi connectivity index (χ0) is 16.5.